The van der Waals surface area contributed by atoms with Crippen LogP contribution in [0.5, 0.6) is 5.75 Å². The lowest BCUT2D eigenvalue weighted by Crippen LogP contribution is -1.96. The number of benzene rings is 1. The van der Waals surface area contributed by atoms with Crippen LogP contribution >= 0.6 is 11.8 Å². The van der Waals surface area contributed by atoms with Gasteiger partial charge in [-0.05, 0) is 37.1 Å². The molecule has 0 radical (unpaired) electrons. The van der Waals surface area contributed by atoms with E-state index in [1.54, 1.807) is 7.11 Å². The molecule has 1 atom stereocenters. The van der Waals surface area contributed by atoms with E-state index in [0.29, 0.717) is 5.25 Å². The number of methoxy groups -OCH3 is 1. The number of aryl methyl sites for hydroxylation is 1. The van der Waals surface area contributed by atoms with Gasteiger partial charge in [-0.15, -0.1) is 11.8 Å². The van der Waals surface area contributed by atoms with Crippen LogP contribution in [0, 0.1) is 6.92 Å². The van der Waals surface area contributed by atoms with E-state index in [1.165, 1.54) is 21.5 Å². The summed E-state index contributed by atoms with van der Waals surface area (Å²) in [7, 11) is 1.71. The maximum absolute atomic E-state index is 5.30. The van der Waals surface area contributed by atoms with Crippen LogP contribution in [0.2, 0.25) is 0 Å². The number of thioether (sulfide) groups is 1. The van der Waals surface area contributed by atoms with Gasteiger partial charge in [0, 0.05) is 21.2 Å². The Labute approximate surface area is 105 Å². The highest BCUT2D eigenvalue weighted by molar-refractivity contribution is 8.00. The molecular weight excluding hydrogens is 230 g/mol. The molecular formula is C14H15NOS. The van der Waals surface area contributed by atoms with E-state index in [0.717, 1.165) is 17.7 Å². The van der Waals surface area contributed by atoms with Crippen LogP contribution in [0.3, 0.4) is 0 Å². The predicted molar refractivity (Wildman–Crippen MR) is 72.1 cm³/mol. The maximum Gasteiger partial charge on any atom is 0.119 e. The third-order valence-electron chi connectivity index (χ3n) is 3.26. The molecule has 0 aliphatic carbocycles. The van der Waals surface area contributed by atoms with Crippen LogP contribution in [-0.4, -0.2) is 17.3 Å². The summed E-state index contributed by atoms with van der Waals surface area (Å²) in [4.78, 5) is 6.09. The fourth-order valence-electron chi connectivity index (χ4n) is 2.40. The van der Waals surface area contributed by atoms with E-state index >= 15 is 0 Å². The van der Waals surface area contributed by atoms with Gasteiger partial charge in [0.05, 0.1) is 12.6 Å². The van der Waals surface area contributed by atoms with Crippen molar-refractivity contribution in [3.8, 4) is 5.75 Å². The first kappa shape index (κ1) is 10.9. The van der Waals surface area contributed by atoms with Crippen molar-refractivity contribution >= 4 is 22.7 Å². The SMILES string of the molecule is COc1ccc2nc(C)c3c(c2c1)SC(C)C3. The van der Waals surface area contributed by atoms with Crippen LogP contribution in [0.1, 0.15) is 18.2 Å². The molecule has 1 aliphatic rings. The lowest BCUT2D eigenvalue weighted by atomic mass is 10.1. The van der Waals surface area contributed by atoms with E-state index in [2.05, 4.69) is 24.9 Å². The summed E-state index contributed by atoms with van der Waals surface area (Å²) in [5.41, 5.74) is 3.67. The maximum atomic E-state index is 5.30. The number of hydrogen-bond donors (Lipinski definition) is 0. The second-order valence-corrected chi connectivity index (χ2v) is 5.97. The topological polar surface area (TPSA) is 22.1 Å². The molecule has 88 valence electrons. The minimum absolute atomic E-state index is 0.655. The van der Waals surface area contributed by atoms with Gasteiger partial charge in [-0.25, -0.2) is 0 Å². The van der Waals surface area contributed by atoms with E-state index < -0.39 is 0 Å². The Balaban J connectivity index is 2.31. The Morgan fingerprint density at radius 1 is 1.41 bits per heavy atom. The molecule has 2 aromatic rings. The monoisotopic (exact) mass is 245 g/mol. The highest BCUT2D eigenvalue weighted by atomic mass is 32.2. The van der Waals surface area contributed by atoms with Crippen LogP contribution in [0.15, 0.2) is 23.1 Å². The summed E-state index contributed by atoms with van der Waals surface area (Å²) < 4.78 is 5.30. The summed E-state index contributed by atoms with van der Waals surface area (Å²) in [6.45, 7) is 4.39. The molecule has 0 N–H and O–H groups in total. The van der Waals surface area contributed by atoms with Gasteiger partial charge in [0.1, 0.15) is 5.75 Å². The molecule has 1 aromatic carbocycles. The number of nitrogens with zero attached hydrogens (tertiary/aromatic N) is 1. The van der Waals surface area contributed by atoms with Crippen molar-refractivity contribution in [1.82, 2.24) is 4.98 Å². The van der Waals surface area contributed by atoms with Crippen LogP contribution in [0.25, 0.3) is 10.9 Å². The second-order valence-electron chi connectivity index (χ2n) is 4.52. The Kier molecular flexibility index (Phi) is 2.51. The van der Waals surface area contributed by atoms with Crippen molar-refractivity contribution in [2.75, 3.05) is 7.11 Å². The molecule has 0 fully saturated rings. The lowest BCUT2D eigenvalue weighted by molar-refractivity contribution is 0.415. The zero-order chi connectivity index (χ0) is 12.0. The zero-order valence-corrected chi connectivity index (χ0v) is 11.1. The number of pyridine rings is 1. The van der Waals surface area contributed by atoms with E-state index in [4.69, 9.17) is 4.74 Å². The summed E-state index contributed by atoms with van der Waals surface area (Å²) >= 11 is 1.96. The molecule has 17 heavy (non-hydrogen) atoms. The molecule has 0 saturated carbocycles. The lowest BCUT2D eigenvalue weighted by Gasteiger charge is -2.08. The fraction of sp³-hybridized carbons (Fsp3) is 0.357. The molecule has 1 aliphatic heterocycles. The molecule has 1 unspecified atom stereocenters. The van der Waals surface area contributed by atoms with Crippen molar-refractivity contribution in [3.63, 3.8) is 0 Å². The van der Waals surface area contributed by atoms with Gasteiger partial charge in [-0.1, -0.05) is 6.92 Å². The van der Waals surface area contributed by atoms with Gasteiger partial charge in [-0.3, -0.25) is 4.98 Å². The molecule has 0 saturated heterocycles. The quantitative estimate of drug-likeness (QED) is 0.766. The van der Waals surface area contributed by atoms with E-state index in [-0.39, 0.29) is 0 Å². The van der Waals surface area contributed by atoms with Gasteiger partial charge >= 0.3 is 0 Å². The minimum atomic E-state index is 0.655. The van der Waals surface area contributed by atoms with Crippen molar-refractivity contribution in [2.24, 2.45) is 0 Å². The summed E-state index contributed by atoms with van der Waals surface area (Å²) in [6.07, 6.45) is 1.13. The van der Waals surface area contributed by atoms with Gasteiger partial charge in [0.25, 0.3) is 0 Å². The summed E-state index contributed by atoms with van der Waals surface area (Å²) in [5.74, 6) is 0.908. The normalized spacial score (nSPS) is 18.4. The summed E-state index contributed by atoms with van der Waals surface area (Å²) in [6, 6.07) is 6.13. The van der Waals surface area contributed by atoms with Crippen LogP contribution < -0.4 is 4.74 Å². The molecule has 3 heteroatoms. The third kappa shape index (κ3) is 1.69. The average Bonchev–Trinajstić information content (AvgIpc) is 2.72. The van der Waals surface area contributed by atoms with Crippen molar-refractivity contribution < 1.29 is 4.74 Å². The molecule has 0 spiro atoms. The van der Waals surface area contributed by atoms with Crippen molar-refractivity contribution in [1.29, 1.82) is 0 Å². The largest absolute Gasteiger partial charge is 0.497 e. The van der Waals surface area contributed by atoms with Crippen molar-refractivity contribution in [3.05, 3.63) is 29.5 Å². The number of ether oxygens (including phenoxy) is 1. The predicted octanol–water partition coefficient (Wildman–Crippen LogP) is 3.59. The number of hydrogen-bond acceptors (Lipinski definition) is 3. The van der Waals surface area contributed by atoms with E-state index in [1.807, 2.05) is 23.9 Å². The molecule has 3 rings (SSSR count). The van der Waals surface area contributed by atoms with Gasteiger partial charge in [0.2, 0.25) is 0 Å². The first-order chi connectivity index (χ1) is 8.19. The standard InChI is InChI=1S/C14H15NOS/c1-8-6-11-9(2)15-13-5-4-10(16-3)7-12(13)14(11)17-8/h4-5,7-8H,6H2,1-3H3. The van der Waals surface area contributed by atoms with Crippen LogP contribution in [-0.2, 0) is 6.42 Å². The van der Waals surface area contributed by atoms with Gasteiger partial charge < -0.3 is 4.74 Å². The first-order valence-electron chi connectivity index (χ1n) is 5.83. The number of aromatic nitrogens is 1. The molecule has 0 amide bonds. The Morgan fingerprint density at radius 2 is 2.24 bits per heavy atom. The highest BCUT2D eigenvalue weighted by Gasteiger charge is 2.23. The third-order valence-corrected chi connectivity index (χ3v) is 4.53. The first-order valence-corrected chi connectivity index (χ1v) is 6.71. The average molecular weight is 245 g/mol. The van der Waals surface area contributed by atoms with Gasteiger partial charge in [-0.2, -0.15) is 0 Å². The fourth-order valence-corrected chi connectivity index (χ4v) is 3.72. The van der Waals surface area contributed by atoms with Crippen molar-refractivity contribution in [2.45, 2.75) is 30.4 Å². The number of rotatable bonds is 1. The highest BCUT2D eigenvalue weighted by Crippen LogP contribution is 2.42. The Morgan fingerprint density at radius 3 is 3.00 bits per heavy atom. The van der Waals surface area contributed by atoms with E-state index in [9.17, 15) is 0 Å². The molecule has 2 heterocycles. The molecule has 1 aromatic heterocycles. The smallest absolute Gasteiger partial charge is 0.119 e. The molecule has 2 nitrogen and oxygen atoms in total. The zero-order valence-electron chi connectivity index (χ0n) is 10.3. The Hall–Kier alpha value is -1.22. The second kappa shape index (κ2) is 3.91. The molecule has 0 bridgehead atoms. The van der Waals surface area contributed by atoms with Crippen LogP contribution in [0.4, 0.5) is 0 Å². The Bertz CT molecular complexity index is 594. The summed E-state index contributed by atoms with van der Waals surface area (Å²) in [5, 5.41) is 1.89. The minimum Gasteiger partial charge on any atom is -0.497 e. The number of fused-ring (bicyclic) bond motifs is 3. The van der Waals surface area contributed by atoms with Gasteiger partial charge in [0.15, 0.2) is 0 Å².